The van der Waals surface area contributed by atoms with E-state index >= 15 is 0 Å². The largest absolute Gasteiger partial charge is 0.389 e. The normalized spacial score (nSPS) is 15.7. The third kappa shape index (κ3) is 4.75. The number of ether oxygens (including phenoxy) is 1. The number of nitrogens with zero attached hydrogens (tertiary/aromatic N) is 4. The predicted molar refractivity (Wildman–Crippen MR) is 119 cm³/mol. The fraction of sp³-hybridized carbons (Fsp3) is 0.455. The van der Waals surface area contributed by atoms with Gasteiger partial charge in [-0.05, 0) is 19.4 Å². The van der Waals surface area contributed by atoms with Crippen molar-refractivity contribution >= 4 is 27.4 Å². The number of benzene rings is 1. The van der Waals surface area contributed by atoms with Gasteiger partial charge in [0.1, 0.15) is 16.5 Å². The minimum atomic E-state index is -0.820. The second-order valence-electron chi connectivity index (χ2n) is 8.22. The zero-order valence-electron chi connectivity index (χ0n) is 17.3. The quantitative estimate of drug-likeness (QED) is 0.670. The van der Waals surface area contributed by atoms with Crippen LogP contribution < -0.4 is 4.90 Å². The number of hydrogen-bond acceptors (Lipinski definition) is 7. The highest BCUT2D eigenvalue weighted by molar-refractivity contribution is 7.17. The third-order valence-electron chi connectivity index (χ3n) is 5.00. The molecule has 0 unspecified atom stereocenters. The van der Waals surface area contributed by atoms with Crippen molar-refractivity contribution in [2.45, 2.75) is 26.0 Å². The molecule has 1 aromatic carbocycles. The molecule has 0 bridgehead atoms. The second kappa shape index (κ2) is 8.36. The average molecular weight is 413 g/mol. The molecule has 2 aromatic heterocycles. The summed E-state index contributed by atoms with van der Waals surface area (Å²) in [6.45, 7) is 8.15. The number of likely N-dealkylation sites (N-methyl/N-ethyl adjacent to an activating group) is 1. The highest BCUT2D eigenvalue weighted by Gasteiger charge is 2.23. The number of thiophene rings is 1. The molecule has 0 amide bonds. The van der Waals surface area contributed by atoms with Crippen molar-refractivity contribution in [3.63, 3.8) is 0 Å². The molecule has 1 saturated heterocycles. The van der Waals surface area contributed by atoms with Crippen molar-refractivity contribution in [1.29, 1.82) is 0 Å². The molecule has 3 aromatic rings. The maximum Gasteiger partial charge on any atom is 0.146 e. The molecule has 0 aliphatic carbocycles. The van der Waals surface area contributed by atoms with Crippen LogP contribution in [0.1, 0.15) is 19.7 Å². The number of hydrogen-bond donors (Lipinski definition) is 1. The van der Waals surface area contributed by atoms with E-state index < -0.39 is 5.60 Å². The monoisotopic (exact) mass is 412 g/mol. The van der Waals surface area contributed by atoms with E-state index in [0.29, 0.717) is 13.1 Å². The summed E-state index contributed by atoms with van der Waals surface area (Å²) in [6, 6.07) is 10.3. The van der Waals surface area contributed by atoms with Crippen LogP contribution in [0.4, 0.5) is 5.82 Å². The van der Waals surface area contributed by atoms with Crippen molar-refractivity contribution < 1.29 is 9.84 Å². The van der Waals surface area contributed by atoms with E-state index in [9.17, 15) is 5.11 Å². The van der Waals surface area contributed by atoms with Gasteiger partial charge in [-0.15, -0.1) is 11.3 Å². The summed E-state index contributed by atoms with van der Waals surface area (Å²) >= 11 is 1.65. The molecule has 1 aliphatic rings. The molecule has 0 saturated carbocycles. The molecule has 3 heterocycles. The Balaban J connectivity index is 1.78. The van der Waals surface area contributed by atoms with Crippen LogP contribution in [-0.4, -0.2) is 65.5 Å². The summed E-state index contributed by atoms with van der Waals surface area (Å²) < 4.78 is 5.46. The van der Waals surface area contributed by atoms with E-state index in [1.165, 1.54) is 0 Å². The van der Waals surface area contributed by atoms with Crippen molar-refractivity contribution in [2.75, 3.05) is 44.8 Å². The number of aliphatic hydroxyl groups is 1. The van der Waals surface area contributed by atoms with E-state index in [-0.39, 0.29) is 0 Å². The van der Waals surface area contributed by atoms with E-state index in [4.69, 9.17) is 14.7 Å². The van der Waals surface area contributed by atoms with Crippen molar-refractivity contribution in [3.8, 4) is 11.1 Å². The van der Waals surface area contributed by atoms with Crippen LogP contribution in [0.15, 0.2) is 35.7 Å². The van der Waals surface area contributed by atoms with Gasteiger partial charge in [0.25, 0.3) is 0 Å². The van der Waals surface area contributed by atoms with Gasteiger partial charge in [-0.1, -0.05) is 30.3 Å². The van der Waals surface area contributed by atoms with Gasteiger partial charge in [-0.2, -0.15) is 0 Å². The molecule has 7 heteroatoms. The summed E-state index contributed by atoms with van der Waals surface area (Å²) in [7, 11) is 1.99. The fourth-order valence-electron chi connectivity index (χ4n) is 3.76. The van der Waals surface area contributed by atoms with E-state index in [1.54, 1.807) is 11.3 Å². The molecule has 4 rings (SSSR count). The van der Waals surface area contributed by atoms with Gasteiger partial charge in [-0.3, -0.25) is 4.90 Å². The predicted octanol–water partition coefficient (Wildman–Crippen LogP) is 3.40. The Kier molecular flexibility index (Phi) is 5.83. The topological polar surface area (TPSA) is 61.7 Å². The average Bonchev–Trinajstić information content (AvgIpc) is 3.11. The lowest BCUT2D eigenvalue weighted by molar-refractivity contribution is 0.0331. The van der Waals surface area contributed by atoms with Crippen LogP contribution in [0.25, 0.3) is 21.3 Å². The minimum Gasteiger partial charge on any atom is -0.389 e. The molecule has 1 N–H and O–H groups in total. The summed E-state index contributed by atoms with van der Waals surface area (Å²) in [5.74, 6) is 1.69. The Morgan fingerprint density at radius 3 is 2.59 bits per heavy atom. The first-order valence-electron chi connectivity index (χ1n) is 9.98. The zero-order valence-corrected chi connectivity index (χ0v) is 18.1. The van der Waals surface area contributed by atoms with Gasteiger partial charge in [0.2, 0.25) is 0 Å². The third-order valence-corrected chi connectivity index (χ3v) is 5.87. The molecule has 154 valence electrons. The molecular weight excluding hydrogens is 384 g/mol. The molecule has 1 aliphatic heterocycles. The van der Waals surface area contributed by atoms with Crippen LogP contribution in [0, 0.1) is 0 Å². The highest BCUT2D eigenvalue weighted by Crippen LogP contribution is 2.38. The van der Waals surface area contributed by atoms with E-state index in [0.717, 1.165) is 59.3 Å². The minimum absolute atomic E-state index is 0.486. The van der Waals surface area contributed by atoms with Crippen LogP contribution >= 0.6 is 11.3 Å². The fourth-order valence-corrected chi connectivity index (χ4v) is 4.72. The Labute approximate surface area is 175 Å². The Bertz CT molecular complexity index is 962. The lowest BCUT2D eigenvalue weighted by Crippen LogP contribution is -2.38. The lowest BCUT2D eigenvalue weighted by atomic mass is 10.1. The van der Waals surface area contributed by atoms with Crippen LogP contribution in [-0.2, 0) is 11.3 Å². The second-order valence-corrected chi connectivity index (χ2v) is 9.07. The van der Waals surface area contributed by atoms with Gasteiger partial charge >= 0.3 is 0 Å². The van der Waals surface area contributed by atoms with Crippen molar-refractivity contribution in [1.82, 2.24) is 14.9 Å². The molecule has 0 atom stereocenters. The Morgan fingerprint density at radius 2 is 1.90 bits per heavy atom. The number of aromatic nitrogens is 2. The first kappa shape index (κ1) is 20.2. The molecule has 6 nitrogen and oxygen atoms in total. The van der Waals surface area contributed by atoms with Gasteiger partial charge in [0, 0.05) is 37.6 Å². The zero-order chi connectivity index (χ0) is 20.4. The summed E-state index contributed by atoms with van der Waals surface area (Å²) in [4.78, 5) is 15.2. The lowest BCUT2D eigenvalue weighted by Gasteiger charge is -2.28. The number of anilines is 1. The molecule has 0 spiro atoms. The number of morpholine rings is 1. The molecule has 29 heavy (non-hydrogen) atoms. The van der Waals surface area contributed by atoms with Gasteiger partial charge in [0.05, 0.1) is 30.7 Å². The standard InChI is InChI=1S/C22H28N4O2S/c1-22(2,27)15-25(3)20-19-17(16-7-5-4-6-8-16)14-29-21(19)24-18(23-20)13-26-9-11-28-12-10-26/h4-8,14,27H,9-13,15H2,1-3H3. The van der Waals surface area contributed by atoms with Gasteiger partial charge in [-0.25, -0.2) is 9.97 Å². The maximum atomic E-state index is 10.4. The number of rotatable bonds is 6. The first-order chi connectivity index (χ1) is 13.9. The van der Waals surface area contributed by atoms with Crippen molar-refractivity contribution in [3.05, 3.63) is 41.5 Å². The van der Waals surface area contributed by atoms with Gasteiger partial charge < -0.3 is 14.7 Å². The molecule has 0 radical (unpaired) electrons. The van der Waals surface area contributed by atoms with E-state index in [2.05, 4.69) is 22.4 Å². The van der Waals surface area contributed by atoms with Crippen LogP contribution in [0.3, 0.4) is 0 Å². The Morgan fingerprint density at radius 1 is 1.17 bits per heavy atom. The van der Waals surface area contributed by atoms with Gasteiger partial charge in [0.15, 0.2) is 0 Å². The van der Waals surface area contributed by atoms with Crippen molar-refractivity contribution in [2.24, 2.45) is 0 Å². The maximum absolute atomic E-state index is 10.4. The Hall–Kier alpha value is -2.06. The van der Waals surface area contributed by atoms with E-state index in [1.807, 2.05) is 44.0 Å². The highest BCUT2D eigenvalue weighted by atomic mass is 32.1. The summed E-state index contributed by atoms with van der Waals surface area (Å²) in [5, 5.41) is 13.6. The SMILES string of the molecule is CN(CC(C)(C)O)c1nc(CN2CCOCC2)nc2scc(-c3ccccc3)c12. The first-order valence-corrected chi connectivity index (χ1v) is 10.9. The summed E-state index contributed by atoms with van der Waals surface area (Å²) in [5.41, 5.74) is 1.47. The van der Waals surface area contributed by atoms with Crippen LogP contribution in [0.5, 0.6) is 0 Å². The molecular formula is C22H28N4O2S. The number of fused-ring (bicyclic) bond motifs is 1. The van der Waals surface area contributed by atoms with Crippen LogP contribution in [0.2, 0.25) is 0 Å². The smallest absolute Gasteiger partial charge is 0.146 e. The summed E-state index contributed by atoms with van der Waals surface area (Å²) in [6.07, 6.45) is 0. The molecule has 1 fully saturated rings.